The average molecular weight is 312 g/mol. The second kappa shape index (κ2) is 9.24. The van der Waals surface area contributed by atoms with Gasteiger partial charge in [0.2, 0.25) is 0 Å². The summed E-state index contributed by atoms with van der Waals surface area (Å²) in [4.78, 5) is 0. The molecule has 0 saturated carbocycles. The molecule has 23 heavy (non-hydrogen) atoms. The third-order valence-corrected chi connectivity index (χ3v) is 4.19. The van der Waals surface area contributed by atoms with Crippen LogP contribution in [-0.4, -0.2) is 11.7 Å². The Bertz CT molecular complexity index is 557. The van der Waals surface area contributed by atoms with E-state index in [1.54, 1.807) is 12.1 Å². The number of ether oxygens (including phenoxy) is 1. The van der Waals surface area contributed by atoms with E-state index < -0.39 is 0 Å². The maximum absolute atomic E-state index is 9.34. The molecular weight excluding hydrogens is 284 g/mol. The summed E-state index contributed by atoms with van der Waals surface area (Å²) in [5.41, 5.74) is 2.56. The van der Waals surface area contributed by atoms with Crippen molar-refractivity contribution >= 4 is 0 Å². The molecule has 0 heterocycles. The van der Waals surface area contributed by atoms with Gasteiger partial charge < -0.3 is 9.84 Å². The van der Waals surface area contributed by atoms with Crippen LogP contribution in [0, 0.1) is 0 Å². The van der Waals surface area contributed by atoms with E-state index in [4.69, 9.17) is 4.74 Å². The zero-order valence-electron chi connectivity index (χ0n) is 14.3. The number of unbranched alkanes of at least 4 members (excludes halogenated alkanes) is 3. The first-order valence-corrected chi connectivity index (χ1v) is 8.69. The SMILES string of the molecule is CCCCCCOc1ccc(C(C)Cc2ccc(O)cc2)cc1. The minimum Gasteiger partial charge on any atom is -0.508 e. The largest absolute Gasteiger partial charge is 0.508 e. The Kier molecular flexibility index (Phi) is 6.99. The van der Waals surface area contributed by atoms with Gasteiger partial charge in [0, 0.05) is 0 Å². The summed E-state index contributed by atoms with van der Waals surface area (Å²) in [5, 5.41) is 9.34. The highest BCUT2D eigenvalue weighted by molar-refractivity contribution is 5.32. The summed E-state index contributed by atoms with van der Waals surface area (Å²) in [7, 11) is 0. The van der Waals surface area contributed by atoms with Gasteiger partial charge in [-0.1, -0.05) is 57.4 Å². The molecule has 0 aliphatic rings. The van der Waals surface area contributed by atoms with Crippen molar-refractivity contribution < 1.29 is 9.84 Å². The maximum atomic E-state index is 9.34. The molecule has 2 heteroatoms. The van der Waals surface area contributed by atoms with E-state index in [0.717, 1.165) is 25.2 Å². The number of benzene rings is 2. The summed E-state index contributed by atoms with van der Waals surface area (Å²) in [6.45, 7) is 5.26. The highest BCUT2D eigenvalue weighted by Crippen LogP contribution is 2.24. The van der Waals surface area contributed by atoms with Crippen LogP contribution in [0.15, 0.2) is 48.5 Å². The Morgan fingerprint density at radius 2 is 1.61 bits per heavy atom. The first kappa shape index (κ1) is 17.4. The van der Waals surface area contributed by atoms with Gasteiger partial charge >= 0.3 is 0 Å². The molecule has 0 saturated heterocycles. The molecule has 0 amide bonds. The fourth-order valence-electron chi connectivity index (χ4n) is 2.71. The number of phenolic OH excluding ortho intramolecular Hbond substituents is 1. The lowest BCUT2D eigenvalue weighted by atomic mass is 9.94. The number of hydrogen-bond donors (Lipinski definition) is 1. The van der Waals surface area contributed by atoms with Gasteiger partial charge in [0.25, 0.3) is 0 Å². The lowest BCUT2D eigenvalue weighted by Gasteiger charge is -2.13. The highest BCUT2D eigenvalue weighted by atomic mass is 16.5. The van der Waals surface area contributed by atoms with Crippen LogP contribution in [0.25, 0.3) is 0 Å². The van der Waals surface area contributed by atoms with Gasteiger partial charge in [-0.2, -0.15) is 0 Å². The molecule has 2 aromatic rings. The monoisotopic (exact) mass is 312 g/mol. The van der Waals surface area contributed by atoms with Crippen LogP contribution in [0.4, 0.5) is 0 Å². The number of aromatic hydroxyl groups is 1. The minimum atomic E-state index is 0.321. The number of rotatable bonds is 9. The molecule has 2 aromatic carbocycles. The summed E-state index contributed by atoms with van der Waals surface area (Å²) in [6.07, 6.45) is 5.90. The molecule has 1 unspecified atom stereocenters. The van der Waals surface area contributed by atoms with Crippen LogP contribution in [0.3, 0.4) is 0 Å². The second-order valence-electron chi connectivity index (χ2n) is 6.25. The number of hydrogen-bond acceptors (Lipinski definition) is 2. The number of phenols is 1. The van der Waals surface area contributed by atoms with Crippen LogP contribution < -0.4 is 4.74 Å². The molecular formula is C21H28O2. The third-order valence-electron chi connectivity index (χ3n) is 4.19. The summed E-state index contributed by atoms with van der Waals surface area (Å²) in [6, 6.07) is 15.9. The van der Waals surface area contributed by atoms with Gasteiger partial charge in [0.15, 0.2) is 0 Å². The van der Waals surface area contributed by atoms with Crippen molar-refractivity contribution in [3.63, 3.8) is 0 Å². The highest BCUT2D eigenvalue weighted by Gasteiger charge is 2.07. The average Bonchev–Trinajstić information content (AvgIpc) is 2.57. The predicted octanol–water partition coefficient (Wildman–Crippen LogP) is 5.70. The van der Waals surface area contributed by atoms with E-state index in [1.807, 2.05) is 12.1 Å². The maximum Gasteiger partial charge on any atom is 0.119 e. The molecule has 1 atom stereocenters. The Balaban J connectivity index is 1.82. The van der Waals surface area contributed by atoms with Crippen LogP contribution in [0.1, 0.15) is 56.6 Å². The molecule has 0 bridgehead atoms. The van der Waals surface area contributed by atoms with Crippen molar-refractivity contribution in [3.05, 3.63) is 59.7 Å². The quantitative estimate of drug-likeness (QED) is 0.602. The van der Waals surface area contributed by atoms with E-state index in [0.29, 0.717) is 11.7 Å². The topological polar surface area (TPSA) is 29.5 Å². The smallest absolute Gasteiger partial charge is 0.119 e. The molecule has 0 aliphatic carbocycles. The standard InChI is InChI=1S/C21H28O2/c1-3-4-5-6-15-23-21-13-9-19(10-14-21)17(2)16-18-7-11-20(22)12-8-18/h7-14,17,22H,3-6,15-16H2,1-2H3. The van der Waals surface area contributed by atoms with Crippen LogP contribution in [-0.2, 0) is 6.42 Å². The van der Waals surface area contributed by atoms with Gasteiger partial charge in [0.05, 0.1) is 6.61 Å². The first-order chi connectivity index (χ1) is 11.2. The van der Waals surface area contributed by atoms with E-state index in [1.165, 1.54) is 30.4 Å². The van der Waals surface area contributed by atoms with Gasteiger partial charge in [-0.3, -0.25) is 0 Å². The summed E-state index contributed by atoms with van der Waals surface area (Å²) in [5.74, 6) is 1.72. The molecule has 2 nitrogen and oxygen atoms in total. The van der Waals surface area contributed by atoms with Crippen LogP contribution in [0.5, 0.6) is 11.5 Å². The Morgan fingerprint density at radius 3 is 2.26 bits per heavy atom. The van der Waals surface area contributed by atoms with E-state index in [9.17, 15) is 5.11 Å². The van der Waals surface area contributed by atoms with Gasteiger partial charge in [0.1, 0.15) is 11.5 Å². The first-order valence-electron chi connectivity index (χ1n) is 8.69. The summed E-state index contributed by atoms with van der Waals surface area (Å²) < 4.78 is 5.79. The van der Waals surface area contributed by atoms with E-state index in [2.05, 4.69) is 38.1 Å². The zero-order chi connectivity index (χ0) is 16.5. The van der Waals surface area contributed by atoms with Crippen molar-refractivity contribution in [1.29, 1.82) is 0 Å². The minimum absolute atomic E-state index is 0.321. The molecule has 0 aromatic heterocycles. The molecule has 0 spiro atoms. The second-order valence-corrected chi connectivity index (χ2v) is 6.25. The van der Waals surface area contributed by atoms with Crippen molar-refractivity contribution in [2.75, 3.05) is 6.61 Å². The lowest BCUT2D eigenvalue weighted by molar-refractivity contribution is 0.305. The Hall–Kier alpha value is -1.96. The lowest BCUT2D eigenvalue weighted by Crippen LogP contribution is -2.00. The van der Waals surface area contributed by atoms with Crippen molar-refractivity contribution in [2.24, 2.45) is 0 Å². The van der Waals surface area contributed by atoms with Gasteiger partial charge in [-0.25, -0.2) is 0 Å². The van der Waals surface area contributed by atoms with E-state index >= 15 is 0 Å². The van der Waals surface area contributed by atoms with Crippen LogP contribution in [0.2, 0.25) is 0 Å². The predicted molar refractivity (Wildman–Crippen MR) is 96.3 cm³/mol. The zero-order valence-corrected chi connectivity index (χ0v) is 14.3. The van der Waals surface area contributed by atoms with Crippen LogP contribution >= 0.6 is 0 Å². The fraction of sp³-hybridized carbons (Fsp3) is 0.429. The van der Waals surface area contributed by atoms with Gasteiger partial charge in [-0.15, -0.1) is 0 Å². The normalized spacial score (nSPS) is 12.1. The molecule has 0 fully saturated rings. The van der Waals surface area contributed by atoms with Crippen molar-refractivity contribution in [3.8, 4) is 11.5 Å². The van der Waals surface area contributed by atoms with Gasteiger partial charge in [-0.05, 0) is 54.2 Å². The molecule has 0 radical (unpaired) electrons. The third kappa shape index (κ3) is 5.97. The molecule has 1 N–H and O–H groups in total. The fourth-order valence-corrected chi connectivity index (χ4v) is 2.71. The van der Waals surface area contributed by atoms with E-state index in [-0.39, 0.29) is 0 Å². The van der Waals surface area contributed by atoms with Crippen molar-refractivity contribution in [2.45, 2.75) is 51.9 Å². The molecule has 2 rings (SSSR count). The van der Waals surface area contributed by atoms with Crippen molar-refractivity contribution in [1.82, 2.24) is 0 Å². The summed E-state index contributed by atoms with van der Waals surface area (Å²) >= 11 is 0. The molecule has 124 valence electrons. The Morgan fingerprint density at radius 1 is 0.913 bits per heavy atom. The Labute approximate surface area is 140 Å². The molecule has 0 aliphatic heterocycles.